The second-order valence-corrected chi connectivity index (χ2v) is 7.51. The lowest BCUT2D eigenvalue weighted by molar-refractivity contribution is -0.129. The van der Waals surface area contributed by atoms with Gasteiger partial charge in [0.05, 0.1) is 13.2 Å². The van der Waals surface area contributed by atoms with Gasteiger partial charge in [-0.2, -0.15) is 0 Å². The summed E-state index contributed by atoms with van der Waals surface area (Å²) in [7, 11) is 1.53. The normalized spacial score (nSPS) is 15.7. The average Bonchev–Trinajstić information content (AvgIpc) is 3.10. The molecule has 4 rings (SSSR count). The van der Waals surface area contributed by atoms with Gasteiger partial charge in [-0.1, -0.05) is 30.3 Å². The fourth-order valence-corrected chi connectivity index (χ4v) is 3.81. The van der Waals surface area contributed by atoms with Crippen molar-refractivity contribution in [3.05, 3.63) is 77.2 Å². The number of thiocarbonyl (C=S) groups is 1. The summed E-state index contributed by atoms with van der Waals surface area (Å²) < 4.78 is 20.3. The number of nitrogens with one attached hydrogen (secondary N) is 1. The second-order valence-electron chi connectivity index (χ2n) is 7.12. The molecule has 0 saturated carbocycles. The Hall–Kier alpha value is -3.36. The van der Waals surface area contributed by atoms with Crippen LogP contribution in [0.25, 0.3) is 17.0 Å². The SMILES string of the molecule is COCCN1C(=O)C(=Cc2cn(Cc3ccc(F)cc3)c3ccccc23)C(=O)NC1=S. The number of fused-ring (bicyclic) bond motifs is 1. The first-order chi connectivity index (χ1) is 15.0. The van der Waals surface area contributed by atoms with Crippen molar-refractivity contribution in [2.75, 3.05) is 20.3 Å². The van der Waals surface area contributed by atoms with Crippen molar-refractivity contribution >= 4 is 46.1 Å². The van der Waals surface area contributed by atoms with E-state index in [1.54, 1.807) is 18.2 Å². The van der Waals surface area contributed by atoms with Gasteiger partial charge in [-0.15, -0.1) is 0 Å². The number of carbonyl (C=O) groups is 2. The number of amides is 2. The van der Waals surface area contributed by atoms with Gasteiger partial charge in [-0.05, 0) is 42.1 Å². The average molecular weight is 437 g/mol. The van der Waals surface area contributed by atoms with E-state index in [1.165, 1.54) is 24.1 Å². The summed E-state index contributed by atoms with van der Waals surface area (Å²) in [6, 6.07) is 14.0. The molecule has 2 amide bonds. The third-order valence-electron chi connectivity index (χ3n) is 5.09. The fourth-order valence-electron chi connectivity index (χ4n) is 3.54. The minimum Gasteiger partial charge on any atom is -0.383 e. The number of ether oxygens (including phenoxy) is 1. The Morgan fingerprint density at radius 2 is 1.87 bits per heavy atom. The molecule has 158 valence electrons. The van der Waals surface area contributed by atoms with Crippen molar-refractivity contribution < 1.29 is 18.7 Å². The molecule has 0 atom stereocenters. The summed E-state index contributed by atoms with van der Waals surface area (Å²) in [5, 5.41) is 3.54. The minimum atomic E-state index is -0.529. The number of para-hydroxylation sites is 1. The Kier molecular flexibility index (Phi) is 5.92. The van der Waals surface area contributed by atoms with Crippen LogP contribution in [-0.2, 0) is 20.9 Å². The van der Waals surface area contributed by atoms with Crippen LogP contribution in [0.1, 0.15) is 11.1 Å². The molecule has 1 aliphatic rings. The Labute approximate surface area is 183 Å². The molecule has 1 fully saturated rings. The molecule has 0 bridgehead atoms. The Morgan fingerprint density at radius 3 is 2.61 bits per heavy atom. The molecule has 3 aromatic rings. The van der Waals surface area contributed by atoms with E-state index in [0.717, 1.165) is 22.0 Å². The Balaban J connectivity index is 1.73. The molecule has 1 saturated heterocycles. The fraction of sp³-hybridized carbons (Fsp3) is 0.174. The summed E-state index contributed by atoms with van der Waals surface area (Å²) in [4.78, 5) is 26.8. The van der Waals surface area contributed by atoms with E-state index >= 15 is 0 Å². The van der Waals surface area contributed by atoms with Gasteiger partial charge < -0.3 is 9.30 Å². The molecule has 0 radical (unpaired) electrons. The van der Waals surface area contributed by atoms with Crippen molar-refractivity contribution in [3.63, 3.8) is 0 Å². The standard InChI is InChI=1S/C23H20FN3O3S/c1-30-11-10-27-22(29)19(21(28)25-23(27)31)12-16-14-26(20-5-3-2-4-18(16)20)13-15-6-8-17(24)9-7-15/h2-9,12,14H,10-11,13H2,1H3,(H,25,28,31). The number of hydrogen-bond donors (Lipinski definition) is 1. The summed E-state index contributed by atoms with van der Waals surface area (Å²) in [6.07, 6.45) is 3.47. The van der Waals surface area contributed by atoms with Gasteiger partial charge in [-0.3, -0.25) is 19.8 Å². The first kappa shape index (κ1) is 20.9. The number of methoxy groups -OCH3 is 1. The van der Waals surface area contributed by atoms with Gasteiger partial charge in [0.15, 0.2) is 5.11 Å². The number of rotatable bonds is 6. The lowest BCUT2D eigenvalue weighted by Gasteiger charge is -2.28. The Bertz CT molecular complexity index is 1200. The topological polar surface area (TPSA) is 63.6 Å². The Morgan fingerprint density at radius 1 is 1.13 bits per heavy atom. The number of nitrogens with zero attached hydrogens (tertiary/aromatic N) is 2. The van der Waals surface area contributed by atoms with Crippen LogP contribution in [0.15, 0.2) is 60.3 Å². The third-order valence-corrected chi connectivity index (χ3v) is 5.41. The van der Waals surface area contributed by atoms with Gasteiger partial charge in [0.25, 0.3) is 11.8 Å². The highest BCUT2D eigenvalue weighted by Gasteiger charge is 2.33. The van der Waals surface area contributed by atoms with Crippen LogP contribution in [-0.4, -0.2) is 46.7 Å². The zero-order chi connectivity index (χ0) is 22.0. The van der Waals surface area contributed by atoms with Gasteiger partial charge in [0.2, 0.25) is 0 Å². The quantitative estimate of drug-likeness (QED) is 0.366. The summed E-state index contributed by atoms with van der Waals surface area (Å²) in [5.74, 6) is -1.27. The number of carbonyl (C=O) groups excluding carboxylic acids is 2. The van der Waals surface area contributed by atoms with Gasteiger partial charge in [0.1, 0.15) is 11.4 Å². The molecular formula is C23H20FN3O3S. The first-order valence-corrected chi connectivity index (χ1v) is 10.1. The first-order valence-electron chi connectivity index (χ1n) is 9.68. The van der Waals surface area contributed by atoms with Crippen molar-refractivity contribution in [2.24, 2.45) is 0 Å². The molecule has 8 heteroatoms. The van der Waals surface area contributed by atoms with Crippen molar-refractivity contribution in [1.29, 1.82) is 0 Å². The van der Waals surface area contributed by atoms with E-state index in [4.69, 9.17) is 17.0 Å². The highest BCUT2D eigenvalue weighted by molar-refractivity contribution is 7.80. The van der Waals surface area contributed by atoms with E-state index in [9.17, 15) is 14.0 Å². The third kappa shape index (κ3) is 4.26. The minimum absolute atomic E-state index is 0.00869. The maximum absolute atomic E-state index is 13.2. The van der Waals surface area contributed by atoms with E-state index < -0.39 is 11.8 Å². The molecule has 1 aliphatic heterocycles. The van der Waals surface area contributed by atoms with E-state index in [2.05, 4.69) is 5.32 Å². The summed E-state index contributed by atoms with van der Waals surface area (Å²) in [5.41, 5.74) is 2.61. The van der Waals surface area contributed by atoms with Gasteiger partial charge in [-0.25, -0.2) is 4.39 Å². The number of aromatic nitrogens is 1. The monoisotopic (exact) mass is 437 g/mol. The van der Waals surface area contributed by atoms with Crippen LogP contribution in [0.5, 0.6) is 0 Å². The molecule has 2 heterocycles. The zero-order valence-electron chi connectivity index (χ0n) is 16.8. The molecule has 1 aromatic heterocycles. The number of halogens is 1. The highest BCUT2D eigenvalue weighted by Crippen LogP contribution is 2.26. The molecule has 31 heavy (non-hydrogen) atoms. The summed E-state index contributed by atoms with van der Waals surface area (Å²) in [6.45, 7) is 1.07. The predicted octanol–water partition coefficient (Wildman–Crippen LogP) is 3.10. The van der Waals surface area contributed by atoms with E-state index in [-0.39, 0.29) is 23.0 Å². The van der Waals surface area contributed by atoms with E-state index in [0.29, 0.717) is 13.2 Å². The predicted molar refractivity (Wildman–Crippen MR) is 120 cm³/mol. The van der Waals surface area contributed by atoms with Gasteiger partial charge >= 0.3 is 0 Å². The number of benzene rings is 2. The van der Waals surface area contributed by atoms with Crippen molar-refractivity contribution in [1.82, 2.24) is 14.8 Å². The van der Waals surface area contributed by atoms with E-state index in [1.807, 2.05) is 35.0 Å². The van der Waals surface area contributed by atoms with Crippen LogP contribution in [0.3, 0.4) is 0 Å². The molecule has 1 N–H and O–H groups in total. The van der Waals surface area contributed by atoms with Crippen LogP contribution in [0.2, 0.25) is 0 Å². The lowest BCUT2D eigenvalue weighted by Crippen LogP contribution is -2.54. The second kappa shape index (κ2) is 8.79. The lowest BCUT2D eigenvalue weighted by atomic mass is 10.1. The zero-order valence-corrected chi connectivity index (χ0v) is 17.6. The van der Waals surface area contributed by atoms with Crippen LogP contribution < -0.4 is 5.32 Å². The van der Waals surface area contributed by atoms with Crippen LogP contribution in [0.4, 0.5) is 4.39 Å². The van der Waals surface area contributed by atoms with Crippen molar-refractivity contribution in [2.45, 2.75) is 6.54 Å². The summed E-state index contributed by atoms with van der Waals surface area (Å²) >= 11 is 5.13. The smallest absolute Gasteiger partial charge is 0.265 e. The molecule has 0 aliphatic carbocycles. The molecule has 6 nitrogen and oxygen atoms in total. The van der Waals surface area contributed by atoms with Crippen LogP contribution in [0, 0.1) is 5.82 Å². The molecule has 0 spiro atoms. The molecular weight excluding hydrogens is 417 g/mol. The maximum atomic E-state index is 13.2. The van der Waals surface area contributed by atoms with Crippen LogP contribution >= 0.6 is 12.2 Å². The largest absolute Gasteiger partial charge is 0.383 e. The number of hydrogen-bond acceptors (Lipinski definition) is 4. The van der Waals surface area contributed by atoms with Gasteiger partial charge in [0, 0.05) is 36.3 Å². The molecule has 0 unspecified atom stereocenters. The molecule has 2 aromatic carbocycles. The van der Waals surface area contributed by atoms with Crippen molar-refractivity contribution in [3.8, 4) is 0 Å². The highest BCUT2D eigenvalue weighted by atomic mass is 32.1. The maximum Gasteiger partial charge on any atom is 0.265 e.